The lowest BCUT2D eigenvalue weighted by Crippen LogP contribution is -2.19. The van der Waals surface area contributed by atoms with Crippen molar-refractivity contribution in [3.8, 4) is 33.6 Å². The molecule has 2 nitrogen and oxygen atoms in total. The van der Waals surface area contributed by atoms with E-state index >= 15 is 0 Å². The highest BCUT2D eigenvalue weighted by Crippen LogP contribution is 2.48. The molecule has 0 radical (unpaired) electrons. The molecule has 2 aromatic heterocycles. The predicted octanol–water partition coefficient (Wildman–Crippen LogP) is 11.7. The highest BCUT2D eigenvalue weighted by Gasteiger charge is 2.29. The number of hydrogen-bond donors (Lipinski definition) is 0. The van der Waals surface area contributed by atoms with E-state index < -0.39 is 0 Å². The van der Waals surface area contributed by atoms with Gasteiger partial charge in [0.2, 0.25) is 0 Å². The van der Waals surface area contributed by atoms with E-state index in [0.717, 1.165) is 23.4 Å². The van der Waals surface area contributed by atoms with Crippen molar-refractivity contribution in [1.82, 2.24) is 9.97 Å². The lowest BCUT2D eigenvalue weighted by molar-refractivity contribution is 0.460. The molecule has 3 unspecified atom stereocenters. The van der Waals surface area contributed by atoms with Crippen molar-refractivity contribution in [3.63, 3.8) is 0 Å². The van der Waals surface area contributed by atoms with Gasteiger partial charge in [-0.1, -0.05) is 127 Å². The van der Waals surface area contributed by atoms with Crippen LogP contribution in [0.4, 0.5) is 0 Å². The van der Waals surface area contributed by atoms with Gasteiger partial charge in [-0.25, -0.2) is 0 Å². The van der Waals surface area contributed by atoms with Crippen molar-refractivity contribution >= 4 is 32.3 Å². The first-order valence-electron chi connectivity index (χ1n) is 16.6. The first-order chi connectivity index (χ1) is 23.2. The molecule has 2 aliphatic carbocycles. The Morgan fingerprint density at radius 2 is 1.21 bits per heavy atom. The molecule has 0 spiro atoms. The molecule has 3 atom stereocenters. The minimum atomic E-state index is 0.357. The number of benzene rings is 5. The number of rotatable bonds is 4. The monoisotopic (exact) mass is 602 g/mol. The van der Waals surface area contributed by atoms with Gasteiger partial charge in [0, 0.05) is 24.2 Å². The highest BCUT2D eigenvalue weighted by atomic mass is 14.8. The zero-order valence-electron chi connectivity index (χ0n) is 26.3. The first-order valence-corrected chi connectivity index (χ1v) is 16.6. The Hall–Kier alpha value is -5.60. The summed E-state index contributed by atoms with van der Waals surface area (Å²) in [5.41, 5.74) is 9.47. The van der Waals surface area contributed by atoms with Crippen LogP contribution < -0.4 is 0 Å². The van der Waals surface area contributed by atoms with Crippen LogP contribution in [0.5, 0.6) is 0 Å². The van der Waals surface area contributed by atoms with Gasteiger partial charge >= 0.3 is 0 Å². The average molecular weight is 603 g/mol. The minimum absolute atomic E-state index is 0.357. The van der Waals surface area contributed by atoms with Crippen LogP contribution in [0.3, 0.4) is 0 Å². The zero-order valence-corrected chi connectivity index (χ0v) is 26.3. The first kappa shape index (κ1) is 27.7. The third kappa shape index (κ3) is 4.72. The molecule has 0 fully saturated rings. The second-order valence-corrected chi connectivity index (χ2v) is 13.0. The Bertz CT molecular complexity index is 2360. The van der Waals surface area contributed by atoms with Gasteiger partial charge in [-0.05, 0) is 104 Å². The van der Waals surface area contributed by atoms with E-state index in [2.05, 4.69) is 144 Å². The molecule has 0 saturated carbocycles. The number of nitrogens with zero attached hydrogens (tertiary/aromatic N) is 2. The fourth-order valence-electron chi connectivity index (χ4n) is 8.05. The number of aromatic nitrogens is 2. The molecule has 5 aromatic carbocycles. The molecule has 47 heavy (non-hydrogen) atoms. The maximum absolute atomic E-state index is 4.65. The molecule has 0 bridgehead atoms. The van der Waals surface area contributed by atoms with Crippen LogP contribution >= 0.6 is 0 Å². The maximum atomic E-state index is 4.65. The molecule has 9 rings (SSSR count). The molecular weight excluding hydrogens is 569 g/mol. The fraction of sp³-hybridized carbons (Fsp3) is 0.111. The van der Waals surface area contributed by atoms with Gasteiger partial charge in [0.05, 0.1) is 11.4 Å². The van der Waals surface area contributed by atoms with Gasteiger partial charge in [-0.2, -0.15) is 0 Å². The molecule has 0 amide bonds. The molecule has 2 heterocycles. The summed E-state index contributed by atoms with van der Waals surface area (Å²) in [6, 6.07) is 41.8. The van der Waals surface area contributed by atoms with Gasteiger partial charge in [0.1, 0.15) is 0 Å². The van der Waals surface area contributed by atoms with Crippen LogP contribution in [0, 0.1) is 11.8 Å². The van der Waals surface area contributed by atoms with E-state index in [4.69, 9.17) is 0 Å². The molecule has 0 N–H and O–H groups in total. The summed E-state index contributed by atoms with van der Waals surface area (Å²) in [7, 11) is 0. The van der Waals surface area contributed by atoms with Gasteiger partial charge < -0.3 is 0 Å². The summed E-state index contributed by atoms with van der Waals surface area (Å²) in [4.78, 5) is 9.20. The van der Waals surface area contributed by atoms with Crippen LogP contribution in [0.15, 0.2) is 164 Å². The standard InChI is InChI=1S/C45H34N2/c1-29-19-20-31-27-33(22-21-30(31)26-29)44-38-10-2-4-12-40(38)45(41-13-5-3-11-39(41)44)37-17-9-15-35-34(14-8-16-36(35)37)32-23-25-47-43(28-32)42-18-6-7-24-46-42/h2-26,28,30-31,33H,27H2,1H3. The van der Waals surface area contributed by atoms with Crippen LogP contribution in [0.1, 0.15) is 24.8 Å². The van der Waals surface area contributed by atoms with Crippen molar-refractivity contribution < 1.29 is 0 Å². The van der Waals surface area contributed by atoms with Crippen LogP contribution in [-0.2, 0) is 0 Å². The smallest absolute Gasteiger partial charge is 0.0892 e. The minimum Gasteiger partial charge on any atom is -0.255 e. The Morgan fingerprint density at radius 3 is 1.96 bits per heavy atom. The molecule has 7 aromatic rings. The average Bonchev–Trinajstić information content (AvgIpc) is 3.13. The Morgan fingerprint density at radius 1 is 0.553 bits per heavy atom. The number of pyridine rings is 2. The van der Waals surface area contributed by atoms with E-state index in [1.165, 1.54) is 60.1 Å². The number of fused-ring (bicyclic) bond motifs is 4. The van der Waals surface area contributed by atoms with Crippen molar-refractivity contribution in [2.24, 2.45) is 11.8 Å². The summed E-state index contributed by atoms with van der Waals surface area (Å²) in [6.07, 6.45) is 16.9. The van der Waals surface area contributed by atoms with E-state index in [-0.39, 0.29) is 0 Å². The third-order valence-electron chi connectivity index (χ3n) is 10.2. The quantitative estimate of drug-likeness (QED) is 0.148. The number of hydrogen-bond acceptors (Lipinski definition) is 2. The molecule has 0 saturated heterocycles. The normalized spacial score (nSPS) is 18.8. The predicted molar refractivity (Wildman–Crippen MR) is 197 cm³/mol. The van der Waals surface area contributed by atoms with Crippen LogP contribution in [0.25, 0.3) is 66.0 Å². The molecule has 224 valence electrons. The fourth-order valence-corrected chi connectivity index (χ4v) is 8.05. The summed E-state index contributed by atoms with van der Waals surface area (Å²) >= 11 is 0. The third-order valence-corrected chi connectivity index (χ3v) is 10.2. The van der Waals surface area contributed by atoms with E-state index in [9.17, 15) is 0 Å². The SMILES string of the molecule is CC1=CC2C=CC(c3c4ccccc4c(-c4cccc5c(-c6ccnc(-c7ccccn7)c6)cccc45)c4ccccc34)CC2C=C1. The lowest BCUT2D eigenvalue weighted by Gasteiger charge is -2.32. The van der Waals surface area contributed by atoms with Crippen molar-refractivity contribution in [2.75, 3.05) is 0 Å². The number of allylic oxidation sites excluding steroid dienone is 6. The molecule has 2 heteroatoms. The largest absolute Gasteiger partial charge is 0.255 e. The van der Waals surface area contributed by atoms with Gasteiger partial charge in [-0.3, -0.25) is 9.97 Å². The molecule has 2 aliphatic rings. The van der Waals surface area contributed by atoms with Crippen molar-refractivity contribution in [3.05, 3.63) is 169 Å². The van der Waals surface area contributed by atoms with Gasteiger partial charge in [0.15, 0.2) is 0 Å². The van der Waals surface area contributed by atoms with Crippen molar-refractivity contribution in [1.29, 1.82) is 0 Å². The summed E-state index contributed by atoms with van der Waals surface area (Å²) in [5.74, 6) is 1.39. The zero-order chi connectivity index (χ0) is 31.3. The Kier molecular flexibility index (Phi) is 6.67. The summed E-state index contributed by atoms with van der Waals surface area (Å²) < 4.78 is 0. The summed E-state index contributed by atoms with van der Waals surface area (Å²) in [6.45, 7) is 2.21. The van der Waals surface area contributed by atoms with Crippen LogP contribution in [-0.4, -0.2) is 9.97 Å². The topological polar surface area (TPSA) is 25.8 Å². The Balaban J connectivity index is 1.25. The van der Waals surface area contributed by atoms with Crippen LogP contribution in [0.2, 0.25) is 0 Å². The van der Waals surface area contributed by atoms with E-state index in [1.807, 2.05) is 30.6 Å². The molecule has 0 aliphatic heterocycles. The second-order valence-electron chi connectivity index (χ2n) is 13.0. The maximum Gasteiger partial charge on any atom is 0.0892 e. The highest BCUT2D eigenvalue weighted by molar-refractivity contribution is 6.19. The Labute approximate surface area is 275 Å². The van der Waals surface area contributed by atoms with E-state index in [1.54, 1.807) is 0 Å². The molecular formula is C45H34N2. The second kappa shape index (κ2) is 11.3. The van der Waals surface area contributed by atoms with Crippen molar-refractivity contribution in [2.45, 2.75) is 19.3 Å². The van der Waals surface area contributed by atoms with E-state index in [0.29, 0.717) is 17.8 Å². The van der Waals surface area contributed by atoms with Gasteiger partial charge in [0.25, 0.3) is 0 Å². The summed E-state index contributed by atoms with van der Waals surface area (Å²) in [5, 5.41) is 7.80. The van der Waals surface area contributed by atoms with Gasteiger partial charge in [-0.15, -0.1) is 0 Å². The lowest BCUT2D eigenvalue weighted by atomic mass is 9.72.